The number of hydrogen-bond acceptors (Lipinski definition) is 5. The molecule has 1 atom stereocenters. The van der Waals surface area contributed by atoms with Crippen molar-refractivity contribution in [1.29, 1.82) is 0 Å². The van der Waals surface area contributed by atoms with E-state index in [1.54, 1.807) is 0 Å². The maximum atomic E-state index is 14.8. The molecule has 1 N–H and O–H groups in total. The molecule has 2 heterocycles. The molecule has 1 aliphatic carbocycles. The summed E-state index contributed by atoms with van der Waals surface area (Å²) in [4.78, 5) is 21.5. The minimum atomic E-state index is -0.360. The molecule has 6 nitrogen and oxygen atoms in total. The van der Waals surface area contributed by atoms with E-state index in [-0.39, 0.29) is 17.8 Å². The van der Waals surface area contributed by atoms with Gasteiger partial charge in [-0.2, -0.15) is 0 Å². The van der Waals surface area contributed by atoms with Crippen molar-refractivity contribution in [2.75, 3.05) is 46.4 Å². The summed E-state index contributed by atoms with van der Waals surface area (Å²) in [5, 5.41) is 3.17. The molecule has 0 unspecified atom stereocenters. The van der Waals surface area contributed by atoms with E-state index in [0.29, 0.717) is 30.4 Å². The lowest BCUT2D eigenvalue weighted by Gasteiger charge is -2.32. The first kappa shape index (κ1) is 25.6. The van der Waals surface area contributed by atoms with Gasteiger partial charge in [-0.1, -0.05) is 43.5 Å². The summed E-state index contributed by atoms with van der Waals surface area (Å²) in [6.45, 7) is 7.59. The van der Waals surface area contributed by atoms with Gasteiger partial charge in [0.25, 0.3) is 0 Å². The number of benzene rings is 1. The van der Waals surface area contributed by atoms with E-state index in [9.17, 15) is 9.18 Å². The van der Waals surface area contributed by atoms with E-state index in [4.69, 9.17) is 4.74 Å². The number of ether oxygens (including phenoxy) is 1. The fraction of sp³-hybridized carbons (Fsp3) is 0.571. The van der Waals surface area contributed by atoms with Crippen molar-refractivity contribution in [3.05, 3.63) is 47.9 Å². The summed E-state index contributed by atoms with van der Waals surface area (Å²) in [5.41, 5.74) is 2.08. The van der Waals surface area contributed by atoms with Crippen LogP contribution in [0.1, 0.15) is 44.6 Å². The highest BCUT2D eigenvalue weighted by molar-refractivity contribution is 5.79. The topological polar surface area (TPSA) is 57.7 Å². The van der Waals surface area contributed by atoms with Crippen LogP contribution in [0, 0.1) is 11.7 Å². The highest BCUT2D eigenvalue weighted by Crippen LogP contribution is 2.27. The predicted octanol–water partition coefficient (Wildman–Crippen LogP) is 4.14. The maximum absolute atomic E-state index is 14.8. The molecule has 1 aromatic carbocycles. The molecule has 0 radical (unpaired) electrons. The summed E-state index contributed by atoms with van der Waals surface area (Å²) in [5.74, 6) is 0.577. The summed E-state index contributed by atoms with van der Waals surface area (Å²) in [6, 6.07) is 9.04. The molecular formula is C28H39FN4O2. The van der Waals surface area contributed by atoms with Crippen molar-refractivity contribution in [1.82, 2.24) is 20.1 Å². The predicted molar refractivity (Wildman–Crippen MR) is 137 cm³/mol. The first-order valence-corrected chi connectivity index (χ1v) is 13.1. The third-order valence-corrected chi connectivity index (χ3v) is 7.46. The Morgan fingerprint density at radius 1 is 1.14 bits per heavy atom. The van der Waals surface area contributed by atoms with Gasteiger partial charge in [0.2, 0.25) is 11.8 Å². The van der Waals surface area contributed by atoms with E-state index in [1.807, 2.05) is 24.3 Å². The van der Waals surface area contributed by atoms with Crippen LogP contribution in [0.3, 0.4) is 0 Å². The number of likely N-dealkylation sites (N-methyl/N-ethyl adjacent to an activating group) is 1. The minimum Gasteiger partial charge on any atom is -0.476 e. The number of pyridine rings is 1. The highest BCUT2D eigenvalue weighted by atomic mass is 19.1. The van der Waals surface area contributed by atoms with Crippen LogP contribution in [-0.2, 0) is 11.2 Å². The number of carbonyl (C=O) groups is 1. The standard InChI is InChI=1S/C28H39FN4O2/c1-21(23-6-4-3-5-7-23)31-27(34)18-22-8-10-24(11-9-22)25-20-30-28(19-26(25)29)35-17-16-33-14-12-32(2)13-15-33/h8-11,19-21,23H,3-7,12-18H2,1-2H3,(H,31,34)/t21-/m1/s1. The lowest BCUT2D eigenvalue weighted by molar-refractivity contribution is -0.121. The van der Waals surface area contributed by atoms with Gasteiger partial charge in [0, 0.05) is 56.6 Å². The quantitative estimate of drug-likeness (QED) is 0.582. The Morgan fingerprint density at radius 2 is 1.86 bits per heavy atom. The van der Waals surface area contributed by atoms with Gasteiger partial charge >= 0.3 is 0 Å². The Labute approximate surface area is 208 Å². The Hall–Kier alpha value is -2.51. The third kappa shape index (κ3) is 7.48. The first-order valence-electron chi connectivity index (χ1n) is 13.1. The van der Waals surface area contributed by atoms with Crippen molar-refractivity contribution in [3.8, 4) is 17.0 Å². The Morgan fingerprint density at radius 3 is 2.54 bits per heavy atom. The number of nitrogens with zero attached hydrogens (tertiary/aromatic N) is 3. The van der Waals surface area contributed by atoms with Crippen LogP contribution in [-0.4, -0.2) is 73.1 Å². The second-order valence-corrected chi connectivity index (χ2v) is 10.1. The van der Waals surface area contributed by atoms with E-state index in [1.165, 1.54) is 44.4 Å². The largest absolute Gasteiger partial charge is 0.476 e. The number of piperazine rings is 1. The molecule has 1 aromatic heterocycles. The van der Waals surface area contributed by atoms with Gasteiger partial charge in [-0.15, -0.1) is 0 Å². The molecular weight excluding hydrogens is 443 g/mol. The van der Waals surface area contributed by atoms with Crippen LogP contribution < -0.4 is 10.1 Å². The van der Waals surface area contributed by atoms with Crippen molar-refractivity contribution in [2.45, 2.75) is 51.5 Å². The normalized spacial score (nSPS) is 18.8. The lowest BCUT2D eigenvalue weighted by Crippen LogP contribution is -2.45. The smallest absolute Gasteiger partial charge is 0.224 e. The molecule has 1 saturated heterocycles. The number of aromatic nitrogens is 1. The Balaban J connectivity index is 1.26. The van der Waals surface area contributed by atoms with Gasteiger partial charge in [0.1, 0.15) is 12.4 Å². The number of rotatable bonds is 9. The van der Waals surface area contributed by atoms with E-state index in [2.05, 4.69) is 34.1 Å². The van der Waals surface area contributed by atoms with Gasteiger partial charge < -0.3 is 15.0 Å². The zero-order chi connectivity index (χ0) is 24.6. The Bertz CT molecular complexity index is 954. The van der Waals surface area contributed by atoms with Crippen LogP contribution in [0.4, 0.5) is 4.39 Å². The first-order chi connectivity index (χ1) is 17.0. The number of halogens is 1. The molecule has 7 heteroatoms. The Kier molecular flexibility index (Phi) is 9.10. The summed E-state index contributed by atoms with van der Waals surface area (Å²) >= 11 is 0. The molecule has 0 bridgehead atoms. The molecule has 0 spiro atoms. The average Bonchev–Trinajstić information content (AvgIpc) is 2.86. The second kappa shape index (κ2) is 12.5. The zero-order valence-electron chi connectivity index (χ0n) is 21.1. The van der Waals surface area contributed by atoms with Crippen molar-refractivity contribution < 1.29 is 13.9 Å². The van der Waals surface area contributed by atoms with Gasteiger partial charge in [0.05, 0.1) is 6.42 Å². The lowest BCUT2D eigenvalue weighted by atomic mass is 9.84. The number of hydrogen-bond donors (Lipinski definition) is 1. The fourth-order valence-electron chi connectivity index (χ4n) is 5.10. The molecule has 35 heavy (non-hydrogen) atoms. The van der Waals surface area contributed by atoms with Crippen LogP contribution in [0.25, 0.3) is 11.1 Å². The van der Waals surface area contributed by atoms with Gasteiger partial charge in [-0.3, -0.25) is 9.69 Å². The SMILES string of the molecule is C[C@@H](NC(=O)Cc1ccc(-c2cnc(OCCN3CCN(C)CC3)cc2F)cc1)C1CCCCC1. The van der Waals surface area contributed by atoms with Crippen LogP contribution in [0.5, 0.6) is 5.88 Å². The van der Waals surface area contributed by atoms with E-state index < -0.39 is 0 Å². The third-order valence-electron chi connectivity index (χ3n) is 7.46. The van der Waals surface area contributed by atoms with Gasteiger partial charge in [-0.05, 0) is 43.9 Å². The summed E-state index contributed by atoms with van der Waals surface area (Å²) < 4.78 is 20.5. The maximum Gasteiger partial charge on any atom is 0.224 e. The van der Waals surface area contributed by atoms with Crippen LogP contribution in [0.2, 0.25) is 0 Å². The van der Waals surface area contributed by atoms with Crippen molar-refractivity contribution >= 4 is 5.91 Å². The molecule has 1 saturated carbocycles. The summed E-state index contributed by atoms with van der Waals surface area (Å²) in [6.07, 6.45) is 8.10. The molecule has 2 fully saturated rings. The monoisotopic (exact) mass is 482 g/mol. The van der Waals surface area contributed by atoms with Crippen LogP contribution in [0.15, 0.2) is 36.5 Å². The molecule has 1 aliphatic heterocycles. The highest BCUT2D eigenvalue weighted by Gasteiger charge is 2.21. The van der Waals surface area contributed by atoms with E-state index in [0.717, 1.165) is 43.9 Å². The van der Waals surface area contributed by atoms with Crippen molar-refractivity contribution in [3.63, 3.8) is 0 Å². The van der Waals surface area contributed by atoms with Crippen molar-refractivity contribution in [2.24, 2.45) is 5.92 Å². The van der Waals surface area contributed by atoms with E-state index >= 15 is 0 Å². The molecule has 2 aliphatic rings. The molecule has 190 valence electrons. The zero-order valence-corrected chi connectivity index (χ0v) is 21.1. The minimum absolute atomic E-state index is 0.0433. The molecule has 4 rings (SSSR count). The average molecular weight is 483 g/mol. The fourth-order valence-corrected chi connectivity index (χ4v) is 5.10. The number of amides is 1. The van der Waals surface area contributed by atoms with Crippen LogP contribution >= 0.6 is 0 Å². The second-order valence-electron chi connectivity index (χ2n) is 10.1. The molecule has 1 amide bonds. The number of carbonyl (C=O) groups excluding carboxylic acids is 1. The van der Waals surface area contributed by atoms with Gasteiger partial charge in [-0.25, -0.2) is 9.37 Å². The number of nitrogens with one attached hydrogen (secondary N) is 1. The summed E-state index contributed by atoms with van der Waals surface area (Å²) in [7, 11) is 2.13. The van der Waals surface area contributed by atoms with Gasteiger partial charge in [0.15, 0.2) is 0 Å². The molecule has 2 aromatic rings.